The predicted molar refractivity (Wildman–Crippen MR) is 120 cm³/mol. The first-order valence-electron chi connectivity index (χ1n) is 10.8. The van der Waals surface area contributed by atoms with Crippen LogP contribution in [-0.4, -0.2) is 25.4 Å². The van der Waals surface area contributed by atoms with Gasteiger partial charge in [0, 0.05) is 25.4 Å². The van der Waals surface area contributed by atoms with Crippen LogP contribution in [-0.2, 0) is 11.8 Å². The molecule has 2 heterocycles. The lowest BCUT2D eigenvalue weighted by Gasteiger charge is -2.27. The number of carbonyl (C=O) groups is 1. The fourth-order valence-corrected chi connectivity index (χ4v) is 4.39. The minimum absolute atomic E-state index is 0.0214. The Labute approximate surface area is 194 Å². The van der Waals surface area contributed by atoms with Crippen molar-refractivity contribution in [2.24, 2.45) is 13.0 Å². The Kier molecular flexibility index (Phi) is 6.88. The van der Waals surface area contributed by atoms with Crippen LogP contribution in [0, 0.1) is 17.6 Å². The van der Waals surface area contributed by atoms with Crippen molar-refractivity contribution >= 4 is 23.3 Å². The van der Waals surface area contributed by atoms with Crippen molar-refractivity contribution in [3.63, 3.8) is 0 Å². The number of anilines is 1. The molecule has 4 rings (SSSR count). The van der Waals surface area contributed by atoms with Crippen LogP contribution in [0.2, 0.25) is 5.02 Å². The molecule has 1 aromatic carbocycles. The van der Waals surface area contributed by atoms with Crippen LogP contribution < -0.4 is 10.1 Å². The highest BCUT2D eigenvalue weighted by molar-refractivity contribution is 6.30. The number of nitrogens with one attached hydrogen (secondary N) is 1. The Morgan fingerprint density at radius 1 is 1.30 bits per heavy atom. The van der Waals surface area contributed by atoms with E-state index in [-0.39, 0.29) is 22.6 Å². The van der Waals surface area contributed by atoms with Crippen LogP contribution in [0.1, 0.15) is 44.6 Å². The number of aromatic nitrogens is 3. The molecule has 1 amide bonds. The van der Waals surface area contributed by atoms with E-state index in [0.29, 0.717) is 18.2 Å². The number of hydrogen-bond donors (Lipinski definition) is 2. The van der Waals surface area contributed by atoms with Crippen LogP contribution in [0.25, 0.3) is 0 Å². The summed E-state index contributed by atoms with van der Waals surface area (Å²) < 4.78 is 36.6. The summed E-state index contributed by atoms with van der Waals surface area (Å²) in [4.78, 5) is 13.2. The molecule has 0 unspecified atom stereocenters. The van der Waals surface area contributed by atoms with E-state index in [1.54, 1.807) is 24.0 Å². The number of amides is 1. The standard InChI is InChI=1S/C23H25ClF2N4O3/c1-29-10-9-19(28-29)27-23(32)18(11-14-5-3-2-4-6-14)30-13-15(12-20(30)31)33-22-17(25)8-7-16(24)21(22)26/h7-10,12-14,18,31H,2-6,11H2,1H3,(H,27,28,32)/t18-/m0/s1. The van der Waals surface area contributed by atoms with Gasteiger partial charge in [-0.2, -0.15) is 5.10 Å². The molecule has 0 aliphatic heterocycles. The number of aromatic hydroxyl groups is 1. The van der Waals surface area contributed by atoms with Crippen LogP contribution in [0.3, 0.4) is 0 Å². The van der Waals surface area contributed by atoms with Crippen molar-refractivity contribution in [1.29, 1.82) is 0 Å². The predicted octanol–water partition coefficient (Wildman–Crippen LogP) is 5.80. The Morgan fingerprint density at radius 3 is 2.76 bits per heavy atom. The van der Waals surface area contributed by atoms with Gasteiger partial charge in [-0.15, -0.1) is 0 Å². The molecule has 1 fully saturated rings. The first kappa shape index (κ1) is 23.1. The summed E-state index contributed by atoms with van der Waals surface area (Å²) in [6.45, 7) is 0. The Morgan fingerprint density at radius 2 is 2.06 bits per heavy atom. The molecule has 1 aliphatic rings. The molecule has 7 nitrogen and oxygen atoms in total. The van der Waals surface area contributed by atoms with Crippen LogP contribution in [0.5, 0.6) is 17.4 Å². The molecule has 176 valence electrons. The second kappa shape index (κ2) is 9.82. The third-order valence-corrected chi connectivity index (χ3v) is 6.20. The second-order valence-corrected chi connectivity index (χ2v) is 8.74. The summed E-state index contributed by atoms with van der Waals surface area (Å²) in [6.07, 6.45) is 8.93. The van der Waals surface area contributed by atoms with Crippen molar-refractivity contribution in [3.05, 3.63) is 53.3 Å². The zero-order valence-electron chi connectivity index (χ0n) is 18.1. The highest BCUT2D eigenvalue weighted by Crippen LogP contribution is 2.38. The number of aryl methyl sites for hydroxylation is 1. The quantitative estimate of drug-likeness (QED) is 0.420. The average Bonchev–Trinajstić information content (AvgIpc) is 3.37. The second-order valence-electron chi connectivity index (χ2n) is 8.34. The van der Waals surface area contributed by atoms with Gasteiger partial charge in [-0.25, -0.2) is 8.78 Å². The highest BCUT2D eigenvalue weighted by atomic mass is 35.5. The molecule has 1 atom stereocenters. The molecular weight excluding hydrogens is 454 g/mol. The lowest BCUT2D eigenvalue weighted by atomic mass is 9.84. The molecule has 1 saturated carbocycles. The van der Waals surface area contributed by atoms with Crippen LogP contribution in [0.4, 0.5) is 14.6 Å². The zero-order valence-corrected chi connectivity index (χ0v) is 18.9. The van der Waals surface area contributed by atoms with Gasteiger partial charge < -0.3 is 19.7 Å². The van der Waals surface area contributed by atoms with E-state index in [2.05, 4.69) is 10.4 Å². The summed E-state index contributed by atoms with van der Waals surface area (Å²) in [5.74, 6) is -2.59. The number of hydrogen-bond acceptors (Lipinski definition) is 4. The minimum Gasteiger partial charge on any atom is -0.494 e. The van der Waals surface area contributed by atoms with E-state index >= 15 is 0 Å². The van der Waals surface area contributed by atoms with Crippen molar-refractivity contribution in [2.45, 2.75) is 44.6 Å². The van der Waals surface area contributed by atoms with Gasteiger partial charge in [0.25, 0.3) is 0 Å². The lowest BCUT2D eigenvalue weighted by molar-refractivity contribution is -0.120. The fourth-order valence-electron chi connectivity index (χ4n) is 4.24. The van der Waals surface area contributed by atoms with Crippen molar-refractivity contribution in [2.75, 3.05) is 5.32 Å². The van der Waals surface area contributed by atoms with E-state index in [4.69, 9.17) is 16.3 Å². The Balaban J connectivity index is 1.61. The Bertz CT molecular complexity index is 1140. The smallest absolute Gasteiger partial charge is 0.248 e. The SMILES string of the molecule is Cn1ccc(NC(=O)[C@H](CC2CCCCC2)n2cc(Oc3c(F)ccc(Cl)c3F)cc2O)n1. The molecule has 2 N–H and O–H groups in total. The maximum atomic E-state index is 14.3. The van der Waals surface area contributed by atoms with E-state index in [1.165, 1.54) is 23.3 Å². The number of rotatable bonds is 7. The highest BCUT2D eigenvalue weighted by Gasteiger charge is 2.29. The largest absolute Gasteiger partial charge is 0.494 e. The molecule has 0 saturated heterocycles. The number of carbonyl (C=O) groups excluding carboxylic acids is 1. The van der Waals surface area contributed by atoms with E-state index in [1.807, 2.05) is 0 Å². The maximum absolute atomic E-state index is 14.3. The molecule has 0 radical (unpaired) electrons. The summed E-state index contributed by atoms with van der Waals surface area (Å²) >= 11 is 5.73. The van der Waals surface area contributed by atoms with Crippen molar-refractivity contribution < 1.29 is 23.4 Å². The molecule has 1 aliphatic carbocycles. The summed E-state index contributed by atoms with van der Waals surface area (Å²) in [7, 11) is 1.74. The molecule has 3 aromatic rings. The van der Waals surface area contributed by atoms with E-state index in [0.717, 1.165) is 37.8 Å². The van der Waals surface area contributed by atoms with Gasteiger partial charge >= 0.3 is 0 Å². The number of benzene rings is 1. The maximum Gasteiger partial charge on any atom is 0.248 e. The van der Waals surface area contributed by atoms with Crippen LogP contribution >= 0.6 is 11.6 Å². The zero-order chi connectivity index (χ0) is 23.5. The lowest BCUT2D eigenvalue weighted by Crippen LogP contribution is -2.28. The Hall–Kier alpha value is -3.07. The topological polar surface area (TPSA) is 81.3 Å². The normalized spacial score (nSPS) is 15.4. The van der Waals surface area contributed by atoms with Crippen molar-refractivity contribution in [3.8, 4) is 17.4 Å². The summed E-state index contributed by atoms with van der Waals surface area (Å²) in [5.41, 5.74) is 0. The van der Waals surface area contributed by atoms with Gasteiger partial charge in [-0.05, 0) is 24.5 Å². The third kappa shape index (κ3) is 5.30. The number of halogens is 3. The molecule has 10 heteroatoms. The molecule has 2 aromatic heterocycles. The minimum atomic E-state index is -1.05. The van der Waals surface area contributed by atoms with Crippen LogP contribution in [0.15, 0.2) is 36.7 Å². The van der Waals surface area contributed by atoms with Gasteiger partial charge in [-0.1, -0.05) is 43.7 Å². The van der Waals surface area contributed by atoms with E-state index in [9.17, 15) is 18.7 Å². The average molecular weight is 479 g/mol. The number of nitrogens with zero attached hydrogens (tertiary/aromatic N) is 3. The fraction of sp³-hybridized carbons (Fsp3) is 0.391. The van der Waals surface area contributed by atoms with Gasteiger partial charge in [0.15, 0.2) is 29.1 Å². The number of ether oxygens (including phenoxy) is 1. The summed E-state index contributed by atoms with van der Waals surface area (Å²) in [5, 5.41) is 17.3. The monoisotopic (exact) mass is 478 g/mol. The molecule has 0 bridgehead atoms. The first-order chi connectivity index (χ1) is 15.8. The molecule has 33 heavy (non-hydrogen) atoms. The van der Waals surface area contributed by atoms with Gasteiger partial charge in [-0.3, -0.25) is 9.48 Å². The summed E-state index contributed by atoms with van der Waals surface area (Å²) in [6, 6.07) is 4.20. The molecular formula is C23H25ClF2N4O3. The van der Waals surface area contributed by atoms with E-state index < -0.39 is 23.4 Å². The van der Waals surface area contributed by atoms with Crippen molar-refractivity contribution in [1.82, 2.24) is 14.3 Å². The molecule has 0 spiro atoms. The van der Waals surface area contributed by atoms with Gasteiger partial charge in [0.1, 0.15) is 11.8 Å². The van der Waals surface area contributed by atoms with Gasteiger partial charge in [0.05, 0.1) is 11.2 Å². The third-order valence-electron chi connectivity index (χ3n) is 5.91. The first-order valence-corrected chi connectivity index (χ1v) is 11.2. The van der Waals surface area contributed by atoms with Gasteiger partial charge in [0.2, 0.25) is 5.91 Å².